The van der Waals surface area contributed by atoms with Crippen LogP contribution in [0.4, 0.5) is 4.39 Å². The van der Waals surface area contributed by atoms with Crippen molar-refractivity contribution in [1.82, 2.24) is 10.9 Å². The van der Waals surface area contributed by atoms with Crippen LogP contribution in [0.15, 0.2) is 72.2 Å². The van der Waals surface area contributed by atoms with Crippen LogP contribution in [0.1, 0.15) is 5.56 Å². The van der Waals surface area contributed by atoms with Crippen molar-refractivity contribution in [3.63, 3.8) is 0 Å². The quantitative estimate of drug-likeness (QED) is 0.316. The van der Waals surface area contributed by atoms with Crippen LogP contribution in [0.2, 0.25) is 0 Å². The predicted octanol–water partition coefficient (Wildman–Crippen LogP) is 3.34. The first-order chi connectivity index (χ1) is 13.1. The molecule has 0 spiro atoms. The fourth-order valence-corrected chi connectivity index (χ4v) is 2.66. The van der Waals surface area contributed by atoms with E-state index in [1.165, 1.54) is 12.1 Å². The first-order valence-corrected chi connectivity index (χ1v) is 9.05. The number of ether oxygens (including phenoxy) is 1. The van der Waals surface area contributed by atoms with Crippen molar-refractivity contribution in [2.24, 2.45) is 0 Å². The molecular formula is C20H19FN2O3S. The Labute approximate surface area is 161 Å². The SMILES string of the molecule is C=CCOc1ccc(/C=C/C(=O)NNC(=O)CSc2ccccc2F)cc1. The van der Waals surface area contributed by atoms with Crippen LogP contribution in [0.3, 0.4) is 0 Å². The fourth-order valence-electron chi connectivity index (χ4n) is 1.92. The number of carbonyl (C=O) groups is 2. The van der Waals surface area contributed by atoms with Crippen LogP contribution >= 0.6 is 11.8 Å². The molecule has 0 aliphatic rings. The third kappa shape index (κ3) is 7.37. The summed E-state index contributed by atoms with van der Waals surface area (Å²) in [6, 6.07) is 13.3. The van der Waals surface area contributed by atoms with Gasteiger partial charge in [-0.1, -0.05) is 36.9 Å². The molecule has 0 aliphatic heterocycles. The first kappa shape index (κ1) is 20.3. The van der Waals surface area contributed by atoms with Gasteiger partial charge in [0.25, 0.3) is 5.91 Å². The molecule has 5 nitrogen and oxygen atoms in total. The largest absolute Gasteiger partial charge is 0.490 e. The van der Waals surface area contributed by atoms with Crippen molar-refractivity contribution in [3.8, 4) is 5.75 Å². The fraction of sp³-hybridized carbons (Fsp3) is 0.100. The second-order valence-corrected chi connectivity index (χ2v) is 6.28. The molecule has 0 aromatic heterocycles. The zero-order valence-electron chi connectivity index (χ0n) is 14.5. The maximum atomic E-state index is 13.5. The third-order valence-corrected chi connectivity index (χ3v) is 4.24. The van der Waals surface area contributed by atoms with Crippen LogP contribution in [0, 0.1) is 5.82 Å². The number of carbonyl (C=O) groups excluding carboxylic acids is 2. The standard InChI is InChI=1S/C20H19FN2O3S/c1-2-13-26-16-10-7-15(8-11-16)9-12-19(24)22-23-20(25)14-27-18-6-4-3-5-17(18)21/h2-12H,1,13-14H2,(H,22,24)(H,23,25)/b12-9+. The summed E-state index contributed by atoms with van der Waals surface area (Å²) in [7, 11) is 0. The lowest BCUT2D eigenvalue weighted by Crippen LogP contribution is -2.41. The molecule has 0 atom stereocenters. The first-order valence-electron chi connectivity index (χ1n) is 8.06. The molecular weight excluding hydrogens is 367 g/mol. The Morgan fingerprint density at radius 1 is 1.11 bits per heavy atom. The highest BCUT2D eigenvalue weighted by Crippen LogP contribution is 2.20. The van der Waals surface area contributed by atoms with Crippen molar-refractivity contribution >= 4 is 29.7 Å². The predicted molar refractivity (Wildman–Crippen MR) is 105 cm³/mol. The number of nitrogens with one attached hydrogen (secondary N) is 2. The molecule has 2 aromatic carbocycles. The highest BCUT2D eigenvalue weighted by molar-refractivity contribution is 8.00. The van der Waals surface area contributed by atoms with Crippen LogP contribution in [0.25, 0.3) is 6.08 Å². The summed E-state index contributed by atoms with van der Waals surface area (Å²) in [6.07, 6.45) is 4.55. The second-order valence-electron chi connectivity index (χ2n) is 5.26. The van der Waals surface area contributed by atoms with Gasteiger partial charge in [0, 0.05) is 11.0 Å². The van der Waals surface area contributed by atoms with Crippen molar-refractivity contribution in [3.05, 3.63) is 78.6 Å². The summed E-state index contributed by atoms with van der Waals surface area (Å²) in [5.41, 5.74) is 5.36. The van der Waals surface area contributed by atoms with Gasteiger partial charge in [0.2, 0.25) is 5.91 Å². The third-order valence-electron chi connectivity index (χ3n) is 3.20. The lowest BCUT2D eigenvalue weighted by Gasteiger charge is -2.06. The molecule has 0 saturated heterocycles. The molecule has 0 heterocycles. The number of hydrogen-bond donors (Lipinski definition) is 2. The number of thioether (sulfide) groups is 1. The summed E-state index contributed by atoms with van der Waals surface area (Å²) in [5.74, 6) is -0.615. The number of hydrazine groups is 1. The van der Waals surface area contributed by atoms with Crippen molar-refractivity contribution < 1.29 is 18.7 Å². The Morgan fingerprint density at radius 2 is 1.85 bits per heavy atom. The zero-order valence-corrected chi connectivity index (χ0v) is 15.3. The smallest absolute Gasteiger partial charge is 0.262 e. The monoisotopic (exact) mass is 386 g/mol. The van der Waals surface area contributed by atoms with Gasteiger partial charge in [-0.3, -0.25) is 20.4 Å². The van der Waals surface area contributed by atoms with E-state index in [9.17, 15) is 14.0 Å². The average molecular weight is 386 g/mol. The molecule has 0 aliphatic carbocycles. The van der Waals surface area contributed by atoms with E-state index in [0.29, 0.717) is 17.3 Å². The van der Waals surface area contributed by atoms with Gasteiger partial charge >= 0.3 is 0 Å². The minimum absolute atomic E-state index is 0.0168. The minimum atomic E-state index is -0.480. The zero-order chi connectivity index (χ0) is 19.5. The Morgan fingerprint density at radius 3 is 2.56 bits per heavy atom. The molecule has 0 fully saturated rings. The molecule has 7 heteroatoms. The molecule has 0 bridgehead atoms. The second kappa shape index (κ2) is 10.8. The van der Waals surface area contributed by atoms with Crippen LogP contribution < -0.4 is 15.6 Å². The van der Waals surface area contributed by atoms with Gasteiger partial charge < -0.3 is 4.74 Å². The van der Waals surface area contributed by atoms with E-state index in [-0.39, 0.29) is 11.6 Å². The molecule has 140 valence electrons. The summed E-state index contributed by atoms with van der Waals surface area (Å²) in [4.78, 5) is 23.8. The van der Waals surface area contributed by atoms with Gasteiger partial charge in [0.1, 0.15) is 18.2 Å². The lowest BCUT2D eigenvalue weighted by atomic mass is 10.2. The Kier molecular flexibility index (Phi) is 8.12. The molecule has 2 aromatic rings. The van der Waals surface area contributed by atoms with Gasteiger partial charge in [0.05, 0.1) is 5.75 Å². The van der Waals surface area contributed by atoms with Gasteiger partial charge in [0.15, 0.2) is 0 Å². The van der Waals surface area contributed by atoms with Gasteiger partial charge in [-0.15, -0.1) is 11.8 Å². The Balaban J connectivity index is 1.73. The Bertz CT molecular complexity index is 822. The maximum absolute atomic E-state index is 13.5. The highest BCUT2D eigenvalue weighted by atomic mass is 32.2. The Hall–Kier alpha value is -3.06. The van der Waals surface area contributed by atoms with Crippen LogP contribution in [-0.4, -0.2) is 24.2 Å². The van der Waals surface area contributed by atoms with E-state index in [0.717, 1.165) is 17.3 Å². The van der Waals surface area contributed by atoms with Crippen molar-refractivity contribution in [1.29, 1.82) is 0 Å². The normalized spacial score (nSPS) is 10.4. The van der Waals surface area contributed by atoms with Crippen molar-refractivity contribution in [2.75, 3.05) is 12.4 Å². The summed E-state index contributed by atoms with van der Waals surface area (Å²) in [6.45, 7) is 4.00. The number of amides is 2. The summed E-state index contributed by atoms with van der Waals surface area (Å²) >= 11 is 1.05. The average Bonchev–Trinajstić information content (AvgIpc) is 2.69. The molecule has 2 amide bonds. The molecule has 2 rings (SSSR count). The van der Waals surface area contributed by atoms with E-state index in [4.69, 9.17) is 4.74 Å². The van der Waals surface area contributed by atoms with Crippen molar-refractivity contribution in [2.45, 2.75) is 4.90 Å². The number of benzene rings is 2. The molecule has 0 unspecified atom stereocenters. The van der Waals surface area contributed by atoms with Crippen LogP contribution in [-0.2, 0) is 9.59 Å². The lowest BCUT2D eigenvalue weighted by molar-refractivity contribution is -0.125. The van der Waals surface area contributed by atoms with Gasteiger partial charge in [-0.05, 0) is 35.9 Å². The van der Waals surface area contributed by atoms with E-state index in [2.05, 4.69) is 17.4 Å². The van der Waals surface area contributed by atoms with Gasteiger partial charge in [-0.2, -0.15) is 0 Å². The molecule has 0 radical (unpaired) electrons. The maximum Gasteiger partial charge on any atom is 0.262 e. The number of rotatable bonds is 8. The highest BCUT2D eigenvalue weighted by Gasteiger charge is 2.06. The van der Waals surface area contributed by atoms with Crippen LogP contribution in [0.5, 0.6) is 5.75 Å². The molecule has 2 N–H and O–H groups in total. The summed E-state index contributed by atoms with van der Waals surface area (Å²) in [5, 5.41) is 0. The van der Waals surface area contributed by atoms with E-state index in [1.54, 1.807) is 54.6 Å². The number of hydrogen-bond acceptors (Lipinski definition) is 4. The molecule has 0 saturated carbocycles. The van der Waals surface area contributed by atoms with Gasteiger partial charge in [-0.25, -0.2) is 4.39 Å². The van der Waals surface area contributed by atoms with E-state index >= 15 is 0 Å². The molecule has 27 heavy (non-hydrogen) atoms. The number of halogens is 1. The summed E-state index contributed by atoms with van der Waals surface area (Å²) < 4.78 is 18.8. The topological polar surface area (TPSA) is 67.4 Å². The minimum Gasteiger partial charge on any atom is -0.490 e. The van der Waals surface area contributed by atoms with E-state index in [1.807, 2.05) is 0 Å². The van der Waals surface area contributed by atoms with E-state index < -0.39 is 11.8 Å².